The quantitative estimate of drug-likeness (QED) is 0.0941. The van der Waals surface area contributed by atoms with Gasteiger partial charge in [-0.1, -0.05) is 128 Å². The van der Waals surface area contributed by atoms with E-state index < -0.39 is 0 Å². The predicted octanol–water partition coefficient (Wildman–Crippen LogP) is 14.8. The van der Waals surface area contributed by atoms with Crippen LogP contribution in [0.1, 0.15) is 207 Å². The topological polar surface area (TPSA) is 9.23 Å². The highest BCUT2D eigenvalue weighted by Crippen LogP contribution is 2.45. The standard InChI is InChI=1S/C46H82O/c1-5-9-11-15-39-21-29-43(30-22-39)45(41-25-17-37(13-7-3)18-26-41)33-35-47-36-34-46(42-27-19-38(14-8-4)20-28-42)44-31-23-40(24-32-44)16-12-10-6-2/h33-34,37-44H,5-32,35-36H2,1-4H3/t37-,38-,39-,40-,41-,42-,43-,44-. The van der Waals surface area contributed by atoms with Crippen LogP contribution in [0.15, 0.2) is 23.3 Å². The van der Waals surface area contributed by atoms with Gasteiger partial charge >= 0.3 is 0 Å². The van der Waals surface area contributed by atoms with Gasteiger partial charge in [0.2, 0.25) is 0 Å². The summed E-state index contributed by atoms with van der Waals surface area (Å²) in [7, 11) is 0. The van der Waals surface area contributed by atoms with E-state index in [0.717, 1.165) is 60.6 Å². The molecule has 0 saturated heterocycles. The molecule has 0 atom stereocenters. The van der Waals surface area contributed by atoms with E-state index in [1.165, 1.54) is 180 Å². The van der Waals surface area contributed by atoms with Crippen molar-refractivity contribution >= 4 is 0 Å². The molecule has 4 aliphatic rings. The predicted molar refractivity (Wildman–Crippen MR) is 207 cm³/mol. The van der Waals surface area contributed by atoms with Crippen molar-refractivity contribution in [2.24, 2.45) is 47.3 Å². The van der Waals surface area contributed by atoms with Gasteiger partial charge in [0, 0.05) is 0 Å². The maximum absolute atomic E-state index is 6.60. The van der Waals surface area contributed by atoms with Crippen LogP contribution in [0.3, 0.4) is 0 Å². The summed E-state index contributed by atoms with van der Waals surface area (Å²) in [5, 5.41) is 0. The molecule has 0 unspecified atom stereocenters. The maximum Gasteiger partial charge on any atom is 0.0654 e. The largest absolute Gasteiger partial charge is 0.373 e. The molecule has 47 heavy (non-hydrogen) atoms. The summed E-state index contributed by atoms with van der Waals surface area (Å²) >= 11 is 0. The minimum atomic E-state index is 0.838. The van der Waals surface area contributed by atoms with Crippen LogP contribution in [0, 0.1) is 47.3 Å². The Morgan fingerprint density at radius 3 is 0.957 bits per heavy atom. The number of rotatable bonds is 20. The van der Waals surface area contributed by atoms with Gasteiger partial charge in [0.1, 0.15) is 0 Å². The fourth-order valence-electron chi connectivity index (χ4n) is 11.0. The fraction of sp³-hybridized carbons (Fsp3) is 0.913. The molecule has 4 fully saturated rings. The van der Waals surface area contributed by atoms with Crippen molar-refractivity contribution in [2.75, 3.05) is 13.2 Å². The number of allylic oxidation sites excluding steroid dienone is 2. The van der Waals surface area contributed by atoms with Gasteiger partial charge in [-0.3, -0.25) is 0 Å². The monoisotopic (exact) mass is 651 g/mol. The lowest BCUT2D eigenvalue weighted by atomic mass is 9.69. The Morgan fingerprint density at radius 1 is 0.383 bits per heavy atom. The minimum Gasteiger partial charge on any atom is -0.373 e. The van der Waals surface area contributed by atoms with Gasteiger partial charge in [-0.05, 0) is 150 Å². The molecule has 0 bridgehead atoms. The van der Waals surface area contributed by atoms with Gasteiger partial charge in [-0.2, -0.15) is 0 Å². The van der Waals surface area contributed by atoms with Crippen LogP contribution in [-0.2, 0) is 4.74 Å². The average Bonchev–Trinajstić information content (AvgIpc) is 3.10. The van der Waals surface area contributed by atoms with Crippen molar-refractivity contribution in [3.8, 4) is 0 Å². The normalized spacial score (nSPS) is 32.9. The van der Waals surface area contributed by atoms with Crippen LogP contribution in [0.2, 0.25) is 0 Å². The summed E-state index contributed by atoms with van der Waals surface area (Å²) in [5.41, 5.74) is 3.68. The molecule has 0 aromatic rings. The molecule has 0 heterocycles. The van der Waals surface area contributed by atoms with Gasteiger partial charge in [-0.15, -0.1) is 0 Å². The summed E-state index contributed by atoms with van der Waals surface area (Å²) in [5.74, 6) is 7.35. The van der Waals surface area contributed by atoms with Gasteiger partial charge in [0.05, 0.1) is 13.2 Å². The van der Waals surface area contributed by atoms with E-state index in [1.54, 1.807) is 0 Å². The second-order valence-corrected chi connectivity index (χ2v) is 17.4. The van der Waals surface area contributed by atoms with Crippen LogP contribution in [0.25, 0.3) is 0 Å². The molecular formula is C46H82O. The molecule has 0 aromatic carbocycles. The van der Waals surface area contributed by atoms with Crippen LogP contribution in [0.4, 0.5) is 0 Å². The number of hydrogen-bond donors (Lipinski definition) is 0. The van der Waals surface area contributed by atoms with Gasteiger partial charge in [-0.25, -0.2) is 0 Å². The van der Waals surface area contributed by atoms with E-state index in [1.807, 2.05) is 11.1 Å². The second kappa shape index (κ2) is 23.0. The highest BCUT2D eigenvalue weighted by molar-refractivity contribution is 5.15. The SMILES string of the molecule is CCCCC[C@H]1CC[C@H](C(=CCOCC=C([C@H]2CC[C@H](CCC)CC2)[C@H]2CC[C@H](CCCCC)CC2)[C@H]2CC[C@H](CCC)CC2)CC1. The highest BCUT2D eigenvalue weighted by atomic mass is 16.5. The van der Waals surface area contributed by atoms with Crippen molar-refractivity contribution in [3.63, 3.8) is 0 Å². The highest BCUT2D eigenvalue weighted by Gasteiger charge is 2.32. The summed E-state index contributed by atoms with van der Waals surface area (Å²) in [4.78, 5) is 0. The lowest BCUT2D eigenvalue weighted by Crippen LogP contribution is -2.24. The summed E-state index contributed by atoms with van der Waals surface area (Å²) < 4.78 is 6.60. The Balaban J connectivity index is 1.35. The van der Waals surface area contributed by atoms with Crippen molar-refractivity contribution in [1.29, 1.82) is 0 Å². The fourth-order valence-corrected chi connectivity index (χ4v) is 11.0. The molecule has 0 spiro atoms. The van der Waals surface area contributed by atoms with E-state index in [9.17, 15) is 0 Å². The zero-order valence-corrected chi connectivity index (χ0v) is 32.4. The summed E-state index contributed by atoms with van der Waals surface area (Å²) in [6.45, 7) is 11.1. The second-order valence-electron chi connectivity index (χ2n) is 17.4. The van der Waals surface area contributed by atoms with Crippen LogP contribution in [0.5, 0.6) is 0 Å². The smallest absolute Gasteiger partial charge is 0.0654 e. The van der Waals surface area contributed by atoms with Gasteiger partial charge < -0.3 is 4.74 Å². The average molecular weight is 651 g/mol. The zero-order valence-electron chi connectivity index (χ0n) is 32.4. The third-order valence-corrected chi connectivity index (χ3v) is 14.0. The molecule has 272 valence electrons. The molecule has 0 aromatic heterocycles. The number of hydrogen-bond acceptors (Lipinski definition) is 1. The lowest BCUT2D eigenvalue weighted by molar-refractivity contribution is 0.184. The van der Waals surface area contributed by atoms with E-state index in [4.69, 9.17) is 4.74 Å². The maximum atomic E-state index is 6.60. The zero-order chi connectivity index (χ0) is 33.1. The molecule has 0 aliphatic heterocycles. The van der Waals surface area contributed by atoms with Crippen molar-refractivity contribution in [3.05, 3.63) is 23.3 Å². The first-order valence-corrected chi connectivity index (χ1v) is 22.1. The Hall–Kier alpha value is -0.560. The first-order valence-electron chi connectivity index (χ1n) is 22.1. The summed E-state index contributed by atoms with van der Waals surface area (Å²) in [6.07, 6.45) is 45.7. The van der Waals surface area contributed by atoms with E-state index in [2.05, 4.69) is 39.8 Å². The molecular weight excluding hydrogens is 569 g/mol. The molecule has 4 rings (SSSR count). The van der Waals surface area contributed by atoms with Crippen LogP contribution >= 0.6 is 0 Å². The van der Waals surface area contributed by atoms with Crippen LogP contribution < -0.4 is 0 Å². The lowest BCUT2D eigenvalue weighted by Gasteiger charge is -2.37. The van der Waals surface area contributed by atoms with E-state index in [-0.39, 0.29) is 0 Å². The molecule has 4 aliphatic carbocycles. The van der Waals surface area contributed by atoms with Gasteiger partial charge in [0.15, 0.2) is 0 Å². The Kier molecular flexibility index (Phi) is 19.2. The van der Waals surface area contributed by atoms with Crippen molar-refractivity contribution in [2.45, 2.75) is 207 Å². The Labute approximate surface area is 295 Å². The third-order valence-electron chi connectivity index (χ3n) is 14.0. The number of ether oxygens (including phenoxy) is 1. The van der Waals surface area contributed by atoms with Crippen molar-refractivity contribution < 1.29 is 4.74 Å². The Bertz CT molecular complexity index is 766. The molecule has 1 nitrogen and oxygen atoms in total. The minimum absolute atomic E-state index is 0.838. The first kappa shape index (κ1) is 39.2. The van der Waals surface area contributed by atoms with Gasteiger partial charge in [0.25, 0.3) is 0 Å². The number of unbranched alkanes of at least 4 members (excludes halogenated alkanes) is 4. The third kappa shape index (κ3) is 13.6. The van der Waals surface area contributed by atoms with E-state index >= 15 is 0 Å². The van der Waals surface area contributed by atoms with Crippen LogP contribution in [-0.4, -0.2) is 13.2 Å². The van der Waals surface area contributed by atoms with Crippen molar-refractivity contribution in [1.82, 2.24) is 0 Å². The molecule has 1 heteroatoms. The first-order chi connectivity index (χ1) is 23.1. The summed E-state index contributed by atoms with van der Waals surface area (Å²) in [6, 6.07) is 0. The molecule has 4 saturated carbocycles. The Morgan fingerprint density at radius 2 is 0.681 bits per heavy atom. The molecule has 0 amide bonds. The van der Waals surface area contributed by atoms with E-state index in [0.29, 0.717) is 0 Å². The molecule has 0 radical (unpaired) electrons. The molecule has 0 N–H and O–H groups in total.